The van der Waals surface area contributed by atoms with Gasteiger partial charge in [0, 0.05) is 17.9 Å². The molecule has 3 aromatic heterocycles. The summed E-state index contributed by atoms with van der Waals surface area (Å²) in [5.41, 5.74) is 3.16. The number of allylic oxidation sites excluding steroid dienone is 1. The summed E-state index contributed by atoms with van der Waals surface area (Å²) in [7, 11) is 4.35. The Balaban J connectivity index is 1.31. The van der Waals surface area contributed by atoms with Crippen LogP contribution in [0.15, 0.2) is 60.0 Å². The monoisotopic (exact) mass is 553 g/mol. The Morgan fingerprint density at radius 1 is 1.12 bits per heavy atom. The van der Waals surface area contributed by atoms with Gasteiger partial charge in [-0.15, -0.1) is 6.58 Å². The van der Waals surface area contributed by atoms with E-state index in [0.717, 1.165) is 24.1 Å². The van der Waals surface area contributed by atoms with Crippen molar-refractivity contribution in [3.8, 4) is 5.82 Å². The Morgan fingerprint density at radius 3 is 2.59 bits per heavy atom. The molecule has 214 valence electrons. The third-order valence-corrected chi connectivity index (χ3v) is 8.84. The second kappa shape index (κ2) is 10.9. The molecular weight excluding hydrogens is 514 g/mol. The van der Waals surface area contributed by atoms with Crippen LogP contribution < -0.4 is 10.9 Å². The summed E-state index contributed by atoms with van der Waals surface area (Å²) in [6, 6.07) is 13.1. The summed E-state index contributed by atoms with van der Waals surface area (Å²) >= 11 is 0. The van der Waals surface area contributed by atoms with E-state index in [-0.39, 0.29) is 12.1 Å². The fraction of sp³-hybridized carbons (Fsp3) is 0.438. The zero-order valence-electron chi connectivity index (χ0n) is 24.2. The van der Waals surface area contributed by atoms with Crippen LogP contribution in [-0.4, -0.2) is 54.5 Å². The van der Waals surface area contributed by atoms with Gasteiger partial charge in [-0.1, -0.05) is 24.3 Å². The number of aliphatic hydroxyl groups is 1. The zero-order chi connectivity index (χ0) is 28.7. The average molecular weight is 554 g/mol. The normalized spacial score (nSPS) is 22.6. The number of aromatic nitrogens is 5. The van der Waals surface area contributed by atoms with E-state index in [4.69, 9.17) is 9.97 Å². The van der Waals surface area contributed by atoms with E-state index in [1.807, 2.05) is 12.1 Å². The molecule has 2 N–H and O–H groups in total. The summed E-state index contributed by atoms with van der Waals surface area (Å²) in [4.78, 5) is 29.8. The fourth-order valence-corrected chi connectivity index (χ4v) is 6.51. The van der Waals surface area contributed by atoms with Crippen LogP contribution in [0.3, 0.4) is 0 Å². The minimum Gasteiger partial charge on any atom is -0.384 e. The van der Waals surface area contributed by atoms with Crippen LogP contribution >= 0.6 is 0 Å². The second-order valence-corrected chi connectivity index (χ2v) is 11.9. The molecule has 1 saturated carbocycles. The molecule has 4 aromatic rings. The van der Waals surface area contributed by atoms with Gasteiger partial charge in [0.1, 0.15) is 11.0 Å². The van der Waals surface area contributed by atoms with Crippen LogP contribution in [0.25, 0.3) is 16.9 Å². The van der Waals surface area contributed by atoms with Gasteiger partial charge in [0.25, 0.3) is 5.56 Å². The van der Waals surface area contributed by atoms with E-state index in [0.29, 0.717) is 46.9 Å². The molecule has 0 aliphatic heterocycles. The Kier molecular flexibility index (Phi) is 7.25. The molecule has 6 rings (SSSR count). The van der Waals surface area contributed by atoms with Crippen LogP contribution in [0.5, 0.6) is 0 Å². The van der Waals surface area contributed by atoms with E-state index >= 15 is 0 Å². The summed E-state index contributed by atoms with van der Waals surface area (Å²) in [5, 5.41) is 14.8. The first-order chi connectivity index (χ1) is 19.7. The molecule has 0 spiro atoms. The van der Waals surface area contributed by atoms with Crippen LogP contribution in [0.2, 0.25) is 0 Å². The van der Waals surface area contributed by atoms with Crippen LogP contribution in [-0.2, 0) is 18.6 Å². The van der Waals surface area contributed by atoms with Gasteiger partial charge in [0.15, 0.2) is 11.5 Å². The third-order valence-electron chi connectivity index (χ3n) is 8.84. The predicted octanol–water partition coefficient (Wildman–Crippen LogP) is 5.04. The summed E-state index contributed by atoms with van der Waals surface area (Å²) in [6.07, 6.45) is 10.6. The van der Waals surface area contributed by atoms with Gasteiger partial charge in [0.05, 0.1) is 12.2 Å². The first-order valence-corrected chi connectivity index (χ1v) is 14.6. The van der Waals surface area contributed by atoms with Crippen molar-refractivity contribution in [2.45, 2.75) is 76.0 Å². The van der Waals surface area contributed by atoms with E-state index in [1.165, 1.54) is 31.2 Å². The molecule has 1 aromatic carbocycles. The molecule has 1 atom stereocenters. The standard InChI is InChI=1S/C32H39N7O2/c1-5-19-38-30(40)26-20-33-31(34-24-13-8-21(9-14-24)22-10-15-25(16-11-22)37(3)4)36-29(26)39(38)27-17-12-23-7-6-18-32(2,41)28(23)35-27/h5,8-9,12-14,17,20,22,25,41H,1,6-7,10-11,15-16,18-19H2,2-4H3,(H,33,34,36). The molecule has 1 unspecified atom stereocenters. The van der Waals surface area contributed by atoms with E-state index in [2.05, 4.69) is 60.1 Å². The van der Waals surface area contributed by atoms with Crippen molar-refractivity contribution in [3.63, 3.8) is 0 Å². The molecule has 0 radical (unpaired) electrons. The molecule has 9 heteroatoms. The van der Waals surface area contributed by atoms with E-state index < -0.39 is 5.60 Å². The number of anilines is 2. The molecule has 1 fully saturated rings. The van der Waals surface area contributed by atoms with Gasteiger partial charge in [0.2, 0.25) is 5.95 Å². The van der Waals surface area contributed by atoms with Crippen molar-refractivity contribution in [1.82, 2.24) is 29.2 Å². The number of nitrogens with zero attached hydrogens (tertiary/aromatic N) is 6. The van der Waals surface area contributed by atoms with Gasteiger partial charge in [-0.3, -0.25) is 4.79 Å². The fourth-order valence-electron chi connectivity index (χ4n) is 6.51. The smallest absolute Gasteiger partial charge is 0.278 e. The maximum atomic E-state index is 13.4. The maximum Gasteiger partial charge on any atom is 0.278 e. The molecule has 41 heavy (non-hydrogen) atoms. The Hall–Kier alpha value is -3.82. The molecule has 2 aliphatic rings. The number of pyridine rings is 1. The second-order valence-electron chi connectivity index (χ2n) is 11.9. The average Bonchev–Trinajstić information content (AvgIpc) is 3.24. The highest BCUT2D eigenvalue weighted by molar-refractivity contribution is 5.77. The highest BCUT2D eigenvalue weighted by Crippen LogP contribution is 2.36. The van der Waals surface area contributed by atoms with Crippen LogP contribution in [0, 0.1) is 0 Å². The molecular formula is C32H39N7O2. The van der Waals surface area contributed by atoms with Gasteiger partial charge in [-0.2, -0.15) is 4.98 Å². The minimum absolute atomic E-state index is 0.217. The Bertz CT molecular complexity index is 1630. The van der Waals surface area contributed by atoms with Crippen molar-refractivity contribution in [2.75, 3.05) is 19.4 Å². The van der Waals surface area contributed by atoms with Crippen molar-refractivity contribution in [1.29, 1.82) is 0 Å². The molecule has 0 amide bonds. The van der Waals surface area contributed by atoms with Crippen molar-refractivity contribution in [2.24, 2.45) is 0 Å². The van der Waals surface area contributed by atoms with Gasteiger partial charge < -0.3 is 15.3 Å². The van der Waals surface area contributed by atoms with Crippen molar-refractivity contribution in [3.05, 3.63) is 82.4 Å². The first-order valence-electron chi connectivity index (χ1n) is 14.6. The molecule has 2 aliphatic carbocycles. The lowest BCUT2D eigenvalue weighted by molar-refractivity contribution is 0.0339. The lowest BCUT2D eigenvalue weighted by atomic mass is 9.81. The Morgan fingerprint density at radius 2 is 1.88 bits per heavy atom. The lowest BCUT2D eigenvalue weighted by Crippen LogP contribution is -2.31. The predicted molar refractivity (Wildman–Crippen MR) is 162 cm³/mol. The van der Waals surface area contributed by atoms with Crippen LogP contribution in [0.4, 0.5) is 11.6 Å². The highest BCUT2D eigenvalue weighted by atomic mass is 16.3. The number of hydrogen-bond donors (Lipinski definition) is 2. The number of rotatable bonds is 7. The molecule has 0 saturated heterocycles. The minimum atomic E-state index is -1.02. The lowest BCUT2D eigenvalue weighted by Gasteiger charge is -2.32. The Labute approximate surface area is 240 Å². The first kappa shape index (κ1) is 27.4. The SMILES string of the molecule is C=CCn1c(=O)c2cnc(Nc3ccc(C4CCC(N(C)C)CC4)cc3)nc2n1-c1ccc2c(n1)C(C)(O)CCC2. The summed E-state index contributed by atoms with van der Waals surface area (Å²) in [5.74, 6) is 1.51. The van der Waals surface area contributed by atoms with Crippen molar-refractivity contribution < 1.29 is 5.11 Å². The van der Waals surface area contributed by atoms with E-state index in [1.54, 1.807) is 28.6 Å². The molecule has 0 bridgehead atoms. The maximum absolute atomic E-state index is 13.4. The topological polar surface area (TPSA) is 101 Å². The largest absolute Gasteiger partial charge is 0.384 e. The number of nitrogens with one attached hydrogen (secondary N) is 1. The van der Waals surface area contributed by atoms with Crippen LogP contribution in [0.1, 0.15) is 68.2 Å². The number of benzene rings is 1. The quantitative estimate of drug-likeness (QED) is 0.309. The van der Waals surface area contributed by atoms with Gasteiger partial charge in [-0.05, 0) is 101 Å². The number of fused-ring (bicyclic) bond motifs is 2. The number of hydrogen-bond acceptors (Lipinski definition) is 7. The molecule has 3 heterocycles. The van der Waals surface area contributed by atoms with Gasteiger partial charge >= 0.3 is 0 Å². The zero-order valence-corrected chi connectivity index (χ0v) is 24.2. The highest BCUT2D eigenvalue weighted by Gasteiger charge is 2.32. The van der Waals surface area contributed by atoms with Crippen molar-refractivity contribution >= 4 is 22.7 Å². The number of aryl methyl sites for hydroxylation is 1. The van der Waals surface area contributed by atoms with E-state index in [9.17, 15) is 9.90 Å². The summed E-state index contributed by atoms with van der Waals surface area (Å²) in [6.45, 7) is 5.92. The third kappa shape index (κ3) is 5.20. The summed E-state index contributed by atoms with van der Waals surface area (Å²) < 4.78 is 3.27. The molecule has 9 nitrogen and oxygen atoms in total. The van der Waals surface area contributed by atoms with Gasteiger partial charge in [-0.25, -0.2) is 19.3 Å².